The number of benzene rings is 2. The largest absolute Gasteiger partial charge is 0.378 e. The van der Waals surface area contributed by atoms with Crippen molar-refractivity contribution in [1.29, 1.82) is 0 Å². The van der Waals surface area contributed by atoms with Crippen LogP contribution in [0.3, 0.4) is 0 Å². The van der Waals surface area contributed by atoms with E-state index in [-0.39, 0.29) is 0 Å². The molecule has 1 saturated carbocycles. The normalized spacial score (nSPS) is 22.0. The van der Waals surface area contributed by atoms with Gasteiger partial charge in [0.2, 0.25) is 0 Å². The van der Waals surface area contributed by atoms with Crippen molar-refractivity contribution in [2.45, 2.75) is 44.2 Å². The van der Waals surface area contributed by atoms with E-state index in [9.17, 15) is 0 Å². The third kappa shape index (κ3) is 7.07. The summed E-state index contributed by atoms with van der Waals surface area (Å²) in [6.07, 6.45) is 4.94. The second-order valence-electron chi connectivity index (χ2n) is 9.08. The quantitative estimate of drug-likeness (QED) is 0.337. The molecule has 4 rings (SSSR count). The zero-order valence-corrected chi connectivity index (χ0v) is 19.4. The number of likely N-dealkylation sites (tertiary alicyclic amines) is 1. The molecule has 172 valence electrons. The number of rotatable bonds is 10. The van der Waals surface area contributed by atoms with Crippen LogP contribution in [0.2, 0.25) is 0 Å². The summed E-state index contributed by atoms with van der Waals surface area (Å²) in [7, 11) is 1.84. The molecule has 2 atom stereocenters. The van der Waals surface area contributed by atoms with Gasteiger partial charge in [-0.1, -0.05) is 60.7 Å². The molecule has 0 bridgehead atoms. The summed E-state index contributed by atoms with van der Waals surface area (Å²) >= 11 is 0. The lowest BCUT2D eigenvalue weighted by Gasteiger charge is -2.32. The zero-order chi connectivity index (χ0) is 22.0. The van der Waals surface area contributed by atoms with Crippen LogP contribution in [0.4, 0.5) is 0 Å². The van der Waals surface area contributed by atoms with E-state index in [4.69, 9.17) is 4.74 Å². The molecule has 1 heterocycles. The van der Waals surface area contributed by atoms with Crippen molar-refractivity contribution in [1.82, 2.24) is 15.5 Å². The van der Waals surface area contributed by atoms with Crippen molar-refractivity contribution in [2.24, 2.45) is 10.9 Å². The Labute approximate surface area is 193 Å². The zero-order valence-electron chi connectivity index (χ0n) is 19.4. The number of nitrogens with zero attached hydrogens (tertiary/aromatic N) is 2. The van der Waals surface area contributed by atoms with E-state index >= 15 is 0 Å². The Morgan fingerprint density at radius 2 is 1.72 bits per heavy atom. The average molecular weight is 435 g/mol. The fourth-order valence-corrected chi connectivity index (χ4v) is 4.63. The molecule has 0 spiro atoms. The van der Waals surface area contributed by atoms with Crippen LogP contribution < -0.4 is 10.6 Å². The molecule has 0 radical (unpaired) electrons. The van der Waals surface area contributed by atoms with Gasteiger partial charge >= 0.3 is 0 Å². The van der Waals surface area contributed by atoms with Crippen LogP contribution in [0.25, 0.3) is 0 Å². The molecule has 32 heavy (non-hydrogen) atoms. The van der Waals surface area contributed by atoms with E-state index in [1.165, 1.54) is 17.5 Å². The first-order valence-electron chi connectivity index (χ1n) is 12.2. The number of aliphatic imine (C=N–C) groups is 1. The first-order chi connectivity index (χ1) is 15.8. The van der Waals surface area contributed by atoms with Crippen LogP contribution in [-0.4, -0.2) is 56.8 Å². The van der Waals surface area contributed by atoms with Gasteiger partial charge in [-0.2, -0.15) is 0 Å². The molecule has 2 N–H and O–H groups in total. The van der Waals surface area contributed by atoms with Gasteiger partial charge < -0.3 is 15.4 Å². The van der Waals surface area contributed by atoms with Crippen molar-refractivity contribution in [3.05, 3.63) is 71.8 Å². The average Bonchev–Trinajstić information content (AvgIpc) is 3.63. The highest BCUT2D eigenvalue weighted by molar-refractivity contribution is 5.79. The summed E-state index contributed by atoms with van der Waals surface area (Å²) in [4.78, 5) is 6.90. The molecule has 2 aromatic carbocycles. The third-order valence-electron chi connectivity index (χ3n) is 6.66. The fourth-order valence-electron chi connectivity index (χ4n) is 4.63. The maximum atomic E-state index is 6.14. The molecular weight excluding hydrogens is 396 g/mol. The molecule has 2 aliphatic rings. The van der Waals surface area contributed by atoms with Gasteiger partial charge in [0.25, 0.3) is 0 Å². The molecule has 5 heteroatoms. The van der Waals surface area contributed by atoms with E-state index in [1.54, 1.807) is 0 Å². The lowest BCUT2D eigenvalue weighted by Crippen LogP contribution is -2.39. The monoisotopic (exact) mass is 434 g/mol. The second kappa shape index (κ2) is 12.0. The van der Waals surface area contributed by atoms with E-state index in [0.717, 1.165) is 64.6 Å². The van der Waals surface area contributed by atoms with Crippen molar-refractivity contribution in [3.63, 3.8) is 0 Å². The van der Waals surface area contributed by atoms with Crippen LogP contribution in [-0.2, 0) is 11.3 Å². The van der Waals surface area contributed by atoms with Crippen LogP contribution in [0.5, 0.6) is 0 Å². The van der Waals surface area contributed by atoms with Crippen molar-refractivity contribution in [3.8, 4) is 0 Å². The summed E-state index contributed by atoms with van der Waals surface area (Å²) in [6.45, 7) is 5.98. The van der Waals surface area contributed by atoms with Gasteiger partial charge in [0.15, 0.2) is 5.96 Å². The topological polar surface area (TPSA) is 48.9 Å². The second-order valence-corrected chi connectivity index (χ2v) is 9.08. The number of guanidine groups is 1. The van der Waals surface area contributed by atoms with Gasteiger partial charge in [0, 0.05) is 46.4 Å². The predicted molar refractivity (Wildman–Crippen MR) is 132 cm³/mol. The minimum absolute atomic E-state index is 0.407. The third-order valence-corrected chi connectivity index (χ3v) is 6.66. The summed E-state index contributed by atoms with van der Waals surface area (Å²) in [5.74, 6) is 2.32. The summed E-state index contributed by atoms with van der Waals surface area (Å²) in [5, 5.41) is 6.92. The number of hydrogen-bond acceptors (Lipinski definition) is 3. The Morgan fingerprint density at radius 1 is 1.00 bits per heavy atom. The van der Waals surface area contributed by atoms with Crippen molar-refractivity contribution < 1.29 is 4.74 Å². The highest BCUT2D eigenvalue weighted by atomic mass is 16.5. The van der Waals surface area contributed by atoms with Gasteiger partial charge in [-0.15, -0.1) is 0 Å². The molecule has 2 unspecified atom stereocenters. The summed E-state index contributed by atoms with van der Waals surface area (Å²) < 4.78 is 6.14. The Hall–Kier alpha value is -2.37. The van der Waals surface area contributed by atoms with Gasteiger partial charge in [-0.05, 0) is 48.6 Å². The number of nitrogens with one attached hydrogen (secondary N) is 2. The highest BCUT2D eigenvalue weighted by Crippen LogP contribution is 2.46. The van der Waals surface area contributed by atoms with Crippen molar-refractivity contribution in [2.75, 3.05) is 39.8 Å². The standard InChI is InChI=1S/C27H38N4O/c1-28-27(30-20-24-19-26(24)23-11-6-3-7-12-23)29-15-8-18-32-25-13-16-31(17-14-25)21-22-9-4-2-5-10-22/h2-7,9-12,24-26H,8,13-21H2,1H3,(H2,28,29,30). The maximum Gasteiger partial charge on any atom is 0.190 e. The summed E-state index contributed by atoms with van der Waals surface area (Å²) in [5.41, 5.74) is 2.86. The minimum atomic E-state index is 0.407. The Morgan fingerprint density at radius 3 is 2.44 bits per heavy atom. The molecule has 5 nitrogen and oxygen atoms in total. The fraction of sp³-hybridized carbons (Fsp3) is 0.519. The number of ether oxygens (including phenoxy) is 1. The molecule has 1 aliphatic carbocycles. The molecule has 1 aliphatic heterocycles. The Kier molecular flexibility index (Phi) is 8.57. The SMILES string of the molecule is CN=C(NCCCOC1CCN(Cc2ccccc2)CC1)NCC1CC1c1ccccc1. The van der Waals surface area contributed by atoms with Crippen LogP contribution in [0, 0.1) is 5.92 Å². The smallest absolute Gasteiger partial charge is 0.190 e. The van der Waals surface area contributed by atoms with Gasteiger partial charge in [-0.3, -0.25) is 9.89 Å². The lowest BCUT2D eigenvalue weighted by atomic mass is 10.1. The molecular formula is C27H38N4O. The maximum absolute atomic E-state index is 6.14. The molecule has 0 amide bonds. The van der Waals surface area contributed by atoms with E-state index in [0.29, 0.717) is 17.9 Å². The molecule has 1 saturated heterocycles. The van der Waals surface area contributed by atoms with Crippen LogP contribution in [0.1, 0.15) is 42.7 Å². The molecule has 0 aromatic heterocycles. The predicted octanol–water partition coefficient (Wildman–Crippen LogP) is 4.03. The molecule has 2 aromatic rings. The summed E-state index contributed by atoms with van der Waals surface area (Å²) in [6, 6.07) is 21.6. The number of hydrogen-bond donors (Lipinski definition) is 2. The van der Waals surface area contributed by atoms with Gasteiger partial charge in [-0.25, -0.2) is 0 Å². The van der Waals surface area contributed by atoms with Crippen LogP contribution in [0.15, 0.2) is 65.7 Å². The highest BCUT2D eigenvalue weighted by Gasteiger charge is 2.37. The molecule has 2 fully saturated rings. The van der Waals surface area contributed by atoms with Crippen LogP contribution >= 0.6 is 0 Å². The Balaban J connectivity index is 1.03. The van der Waals surface area contributed by atoms with Crippen molar-refractivity contribution >= 4 is 5.96 Å². The van der Waals surface area contributed by atoms with E-state index in [1.807, 2.05) is 7.05 Å². The van der Waals surface area contributed by atoms with Gasteiger partial charge in [0.1, 0.15) is 0 Å². The van der Waals surface area contributed by atoms with E-state index < -0.39 is 0 Å². The first kappa shape index (κ1) is 22.8. The number of piperidine rings is 1. The van der Waals surface area contributed by atoms with E-state index in [2.05, 4.69) is 81.2 Å². The lowest BCUT2D eigenvalue weighted by molar-refractivity contribution is 0.00534. The first-order valence-corrected chi connectivity index (χ1v) is 12.2. The van der Waals surface area contributed by atoms with Gasteiger partial charge in [0.05, 0.1) is 6.10 Å². The minimum Gasteiger partial charge on any atom is -0.378 e. The Bertz CT molecular complexity index is 818.